The smallest absolute Gasteiger partial charge is 0.156 e. The number of ether oxygens (including phenoxy) is 1. The van der Waals surface area contributed by atoms with Gasteiger partial charge in [0.2, 0.25) is 0 Å². The van der Waals surface area contributed by atoms with Gasteiger partial charge in [-0.3, -0.25) is 9.97 Å². The van der Waals surface area contributed by atoms with Gasteiger partial charge in [0.1, 0.15) is 0 Å². The fraction of sp³-hybridized carbons (Fsp3) is 0.474. The fourth-order valence-electron chi connectivity index (χ4n) is 2.78. The molecule has 0 bridgehead atoms. The lowest BCUT2D eigenvalue weighted by Crippen LogP contribution is -2.35. The molecule has 0 aliphatic heterocycles. The van der Waals surface area contributed by atoms with Crippen LogP contribution in [0.5, 0.6) is 5.75 Å². The summed E-state index contributed by atoms with van der Waals surface area (Å²) in [6, 6.07) is 3.79. The van der Waals surface area contributed by atoms with Crippen LogP contribution in [0.3, 0.4) is 0 Å². The number of hydrogen-bond acceptors (Lipinski definition) is 4. The second kappa shape index (κ2) is 7.49. The first-order valence-electron chi connectivity index (χ1n) is 8.17. The Kier molecular flexibility index (Phi) is 5.83. The average molecular weight is 348 g/mol. The number of rotatable bonds is 6. The minimum atomic E-state index is -0.203. The van der Waals surface area contributed by atoms with Crippen LogP contribution in [0, 0.1) is 19.8 Å². The van der Waals surface area contributed by atoms with Crippen LogP contribution in [0.1, 0.15) is 38.4 Å². The third-order valence-electron chi connectivity index (χ3n) is 3.95. The normalized spacial score (nSPS) is 13.0. The molecule has 2 N–H and O–H groups in total. The van der Waals surface area contributed by atoms with Crippen molar-refractivity contribution in [3.8, 4) is 17.0 Å². The highest BCUT2D eigenvalue weighted by molar-refractivity contribution is 6.32. The molecule has 24 heavy (non-hydrogen) atoms. The minimum Gasteiger partial charge on any atom is -0.490 e. The van der Waals surface area contributed by atoms with Crippen LogP contribution < -0.4 is 10.5 Å². The standard InChI is InChI=1S/C19H26ClN3O/c1-12(9-19(4,5)21)11-24-18-10-23-17(8-16(18)20)15-6-7-22-14(3)13(15)2/h6-8,10,12H,9,11,21H2,1-5H3/t12-/m0/s1. The highest BCUT2D eigenvalue weighted by Crippen LogP contribution is 2.30. The van der Waals surface area contributed by atoms with E-state index in [9.17, 15) is 0 Å². The van der Waals surface area contributed by atoms with Crippen molar-refractivity contribution in [3.63, 3.8) is 0 Å². The molecular weight excluding hydrogens is 322 g/mol. The number of nitrogens with zero attached hydrogens (tertiary/aromatic N) is 2. The van der Waals surface area contributed by atoms with Crippen LogP contribution in [0.2, 0.25) is 5.02 Å². The molecule has 0 saturated carbocycles. The predicted molar refractivity (Wildman–Crippen MR) is 99.5 cm³/mol. The summed E-state index contributed by atoms with van der Waals surface area (Å²) < 4.78 is 5.83. The van der Waals surface area contributed by atoms with Crippen molar-refractivity contribution < 1.29 is 4.74 Å². The topological polar surface area (TPSA) is 61.0 Å². The molecular formula is C19H26ClN3O. The van der Waals surface area contributed by atoms with E-state index in [4.69, 9.17) is 22.1 Å². The van der Waals surface area contributed by atoms with E-state index >= 15 is 0 Å². The number of aromatic nitrogens is 2. The van der Waals surface area contributed by atoms with Gasteiger partial charge in [-0.25, -0.2) is 0 Å². The summed E-state index contributed by atoms with van der Waals surface area (Å²) in [6.07, 6.45) is 4.35. The van der Waals surface area contributed by atoms with Gasteiger partial charge in [0.25, 0.3) is 0 Å². The van der Waals surface area contributed by atoms with Crippen molar-refractivity contribution in [3.05, 3.63) is 40.8 Å². The molecule has 0 radical (unpaired) electrons. The van der Waals surface area contributed by atoms with Crippen molar-refractivity contribution in [1.29, 1.82) is 0 Å². The van der Waals surface area contributed by atoms with E-state index in [1.54, 1.807) is 12.4 Å². The van der Waals surface area contributed by atoms with Crippen LogP contribution in [0.15, 0.2) is 24.5 Å². The monoisotopic (exact) mass is 347 g/mol. The molecule has 5 heteroatoms. The Balaban J connectivity index is 2.11. The number of halogens is 1. The van der Waals surface area contributed by atoms with Crippen molar-refractivity contribution in [2.24, 2.45) is 11.7 Å². The molecule has 0 aromatic carbocycles. The van der Waals surface area contributed by atoms with Gasteiger partial charge in [0.05, 0.1) is 23.5 Å². The number of pyridine rings is 2. The van der Waals surface area contributed by atoms with Gasteiger partial charge < -0.3 is 10.5 Å². The van der Waals surface area contributed by atoms with Gasteiger partial charge in [0, 0.05) is 23.0 Å². The zero-order valence-corrected chi connectivity index (χ0v) is 15.8. The summed E-state index contributed by atoms with van der Waals surface area (Å²) >= 11 is 6.38. The summed E-state index contributed by atoms with van der Waals surface area (Å²) in [4.78, 5) is 8.79. The zero-order chi connectivity index (χ0) is 17.9. The maximum Gasteiger partial charge on any atom is 0.156 e. The van der Waals surface area contributed by atoms with Crippen LogP contribution in [-0.2, 0) is 0 Å². The minimum absolute atomic E-state index is 0.203. The van der Waals surface area contributed by atoms with E-state index in [1.165, 1.54) is 0 Å². The lowest BCUT2D eigenvalue weighted by Gasteiger charge is -2.23. The largest absolute Gasteiger partial charge is 0.490 e. The second-order valence-corrected chi connectivity index (χ2v) is 7.58. The molecule has 2 heterocycles. The number of aryl methyl sites for hydroxylation is 1. The van der Waals surface area contributed by atoms with Gasteiger partial charge in [-0.2, -0.15) is 0 Å². The molecule has 0 spiro atoms. The molecule has 0 unspecified atom stereocenters. The Morgan fingerprint density at radius 3 is 2.62 bits per heavy atom. The van der Waals surface area contributed by atoms with Crippen molar-refractivity contribution in [2.75, 3.05) is 6.61 Å². The van der Waals surface area contributed by atoms with Gasteiger partial charge in [-0.15, -0.1) is 0 Å². The van der Waals surface area contributed by atoms with Gasteiger partial charge in [-0.1, -0.05) is 18.5 Å². The van der Waals surface area contributed by atoms with Gasteiger partial charge in [-0.05, 0) is 57.7 Å². The lowest BCUT2D eigenvalue weighted by molar-refractivity contribution is 0.229. The van der Waals surface area contributed by atoms with E-state index in [0.29, 0.717) is 23.3 Å². The molecule has 0 aliphatic rings. The summed E-state index contributed by atoms with van der Waals surface area (Å²) in [7, 11) is 0. The van der Waals surface area contributed by atoms with Crippen LogP contribution in [-0.4, -0.2) is 22.1 Å². The average Bonchev–Trinajstić information content (AvgIpc) is 2.47. The Morgan fingerprint density at radius 1 is 1.29 bits per heavy atom. The van der Waals surface area contributed by atoms with Crippen molar-refractivity contribution in [2.45, 2.75) is 46.6 Å². The molecule has 0 aliphatic carbocycles. The number of hydrogen-bond donors (Lipinski definition) is 1. The lowest BCUT2D eigenvalue weighted by atomic mass is 9.93. The summed E-state index contributed by atoms with van der Waals surface area (Å²) in [5, 5.41) is 0.563. The van der Waals surface area contributed by atoms with Gasteiger partial charge >= 0.3 is 0 Å². The molecule has 2 aromatic heterocycles. The van der Waals surface area contributed by atoms with Crippen molar-refractivity contribution in [1.82, 2.24) is 9.97 Å². The van der Waals surface area contributed by atoms with Crippen LogP contribution >= 0.6 is 11.6 Å². The SMILES string of the molecule is Cc1nccc(-c2cc(Cl)c(OC[C@@H](C)CC(C)(C)N)cn2)c1C. The summed E-state index contributed by atoms with van der Waals surface area (Å²) in [5.41, 5.74) is 9.80. The van der Waals surface area contributed by atoms with E-state index < -0.39 is 0 Å². The molecule has 0 fully saturated rings. The first-order chi connectivity index (χ1) is 11.2. The first kappa shape index (κ1) is 18.7. The van der Waals surface area contributed by atoms with Crippen LogP contribution in [0.4, 0.5) is 0 Å². The zero-order valence-electron chi connectivity index (χ0n) is 15.1. The Labute approximate surface area is 149 Å². The van der Waals surface area contributed by atoms with E-state index in [0.717, 1.165) is 28.9 Å². The first-order valence-corrected chi connectivity index (χ1v) is 8.55. The molecule has 4 nitrogen and oxygen atoms in total. The molecule has 2 rings (SSSR count). The van der Waals surface area contributed by atoms with E-state index in [1.807, 2.05) is 39.8 Å². The molecule has 130 valence electrons. The molecule has 1 atom stereocenters. The molecule has 2 aromatic rings. The molecule has 0 saturated heterocycles. The Morgan fingerprint density at radius 2 is 2.00 bits per heavy atom. The fourth-order valence-corrected chi connectivity index (χ4v) is 2.99. The van der Waals surface area contributed by atoms with E-state index in [2.05, 4.69) is 16.9 Å². The summed E-state index contributed by atoms with van der Waals surface area (Å²) in [5.74, 6) is 0.941. The molecule has 0 amide bonds. The quantitative estimate of drug-likeness (QED) is 0.832. The van der Waals surface area contributed by atoms with Gasteiger partial charge in [0.15, 0.2) is 5.75 Å². The van der Waals surface area contributed by atoms with Crippen molar-refractivity contribution >= 4 is 11.6 Å². The Hall–Kier alpha value is -1.65. The maximum atomic E-state index is 6.38. The third kappa shape index (κ3) is 4.92. The highest BCUT2D eigenvalue weighted by atomic mass is 35.5. The number of nitrogens with two attached hydrogens (primary N) is 1. The van der Waals surface area contributed by atoms with Crippen LogP contribution in [0.25, 0.3) is 11.3 Å². The third-order valence-corrected chi connectivity index (χ3v) is 4.25. The maximum absolute atomic E-state index is 6.38. The van der Waals surface area contributed by atoms with E-state index in [-0.39, 0.29) is 5.54 Å². The second-order valence-electron chi connectivity index (χ2n) is 7.18. The predicted octanol–water partition coefficient (Wildman–Crippen LogP) is 4.56. The summed E-state index contributed by atoms with van der Waals surface area (Å²) in [6.45, 7) is 10.7. The Bertz CT molecular complexity index is 710. The highest BCUT2D eigenvalue weighted by Gasteiger charge is 2.17.